The third kappa shape index (κ3) is 3.22. The molecule has 110 valence electrons. The Morgan fingerprint density at radius 3 is 2.55 bits per heavy atom. The van der Waals surface area contributed by atoms with Crippen LogP contribution in [0.3, 0.4) is 0 Å². The van der Waals surface area contributed by atoms with Crippen LogP contribution >= 0.6 is 0 Å². The van der Waals surface area contributed by atoms with E-state index >= 15 is 0 Å². The lowest BCUT2D eigenvalue weighted by molar-refractivity contribution is 0.0369. The number of nitrogens with zero attached hydrogens (tertiary/aromatic N) is 1. The molecule has 1 aliphatic heterocycles. The SMILES string of the molecule is COc1cc(N)cc(C(=O)NN2C(C)CCCC2C)c1. The van der Waals surface area contributed by atoms with Gasteiger partial charge in [0.2, 0.25) is 0 Å². The van der Waals surface area contributed by atoms with E-state index in [9.17, 15) is 4.79 Å². The Morgan fingerprint density at radius 1 is 1.30 bits per heavy atom. The number of hydrazine groups is 1. The lowest BCUT2D eigenvalue weighted by Crippen LogP contribution is -2.54. The van der Waals surface area contributed by atoms with Crippen molar-refractivity contribution in [3.05, 3.63) is 23.8 Å². The number of anilines is 1. The number of hydrogen-bond acceptors (Lipinski definition) is 4. The highest BCUT2D eigenvalue weighted by Gasteiger charge is 2.26. The predicted molar refractivity (Wildman–Crippen MR) is 79.5 cm³/mol. The van der Waals surface area contributed by atoms with Crippen molar-refractivity contribution >= 4 is 11.6 Å². The zero-order chi connectivity index (χ0) is 14.7. The molecular formula is C15H23N3O2. The first kappa shape index (κ1) is 14.7. The van der Waals surface area contributed by atoms with E-state index in [-0.39, 0.29) is 5.91 Å². The van der Waals surface area contributed by atoms with Gasteiger partial charge in [0.1, 0.15) is 5.75 Å². The molecule has 1 heterocycles. The van der Waals surface area contributed by atoms with Gasteiger partial charge in [-0.15, -0.1) is 0 Å². The van der Waals surface area contributed by atoms with Crippen LogP contribution in [0.4, 0.5) is 5.69 Å². The number of hydrogen-bond donors (Lipinski definition) is 2. The van der Waals surface area contributed by atoms with Crippen LogP contribution in [-0.4, -0.2) is 30.1 Å². The Bertz CT molecular complexity index is 480. The lowest BCUT2D eigenvalue weighted by atomic mass is 10.00. The Kier molecular flexibility index (Phi) is 4.49. The highest BCUT2D eigenvalue weighted by molar-refractivity contribution is 5.95. The predicted octanol–water partition coefficient (Wildman–Crippen LogP) is 2.19. The summed E-state index contributed by atoms with van der Waals surface area (Å²) in [6.07, 6.45) is 3.41. The molecule has 3 N–H and O–H groups in total. The molecule has 1 saturated heterocycles. The summed E-state index contributed by atoms with van der Waals surface area (Å²) in [5.74, 6) is 0.450. The molecule has 0 saturated carbocycles. The quantitative estimate of drug-likeness (QED) is 0.831. The van der Waals surface area contributed by atoms with E-state index in [0.717, 1.165) is 12.8 Å². The van der Waals surface area contributed by atoms with Gasteiger partial charge in [-0.05, 0) is 38.8 Å². The van der Waals surface area contributed by atoms with Gasteiger partial charge in [-0.1, -0.05) is 6.42 Å². The Balaban J connectivity index is 2.13. The summed E-state index contributed by atoms with van der Waals surface area (Å²) >= 11 is 0. The smallest absolute Gasteiger partial charge is 0.265 e. The van der Waals surface area contributed by atoms with Gasteiger partial charge in [0.05, 0.1) is 7.11 Å². The van der Waals surface area contributed by atoms with E-state index in [1.165, 1.54) is 6.42 Å². The standard InChI is InChI=1S/C15H23N3O2/c1-10-5-4-6-11(2)18(10)17-15(19)12-7-13(16)9-14(8-12)20-3/h7-11H,4-6,16H2,1-3H3,(H,17,19). The van der Waals surface area contributed by atoms with Crippen LogP contribution in [0.5, 0.6) is 5.75 Å². The minimum absolute atomic E-state index is 0.142. The molecule has 0 aromatic heterocycles. The van der Waals surface area contributed by atoms with Crippen molar-refractivity contribution in [2.45, 2.75) is 45.2 Å². The third-order valence-corrected chi connectivity index (χ3v) is 3.85. The molecule has 1 fully saturated rings. The molecule has 2 rings (SSSR count). The minimum Gasteiger partial charge on any atom is -0.497 e. The van der Waals surface area contributed by atoms with Gasteiger partial charge in [-0.25, -0.2) is 5.01 Å². The van der Waals surface area contributed by atoms with Crippen molar-refractivity contribution in [1.29, 1.82) is 0 Å². The summed E-state index contributed by atoms with van der Waals surface area (Å²) < 4.78 is 5.14. The molecule has 2 atom stereocenters. The number of piperidine rings is 1. The maximum Gasteiger partial charge on any atom is 0.265 e. The molecule has 5 heteroatoms. The number of rotatable bonds is 3. The van der Waals surface area contributed by atoms with Gasteiger partial charge in [0.25, 0.3) is 5.91 Å². The fourth-order valence-electron chi connectivity index (χ4n) is 2.69. The van der Waals surface area contributed by atoms with Crippen LogP contribution in [0, 0.1) is 0 Å². The highest BCUT2D eigenvalue weighted by Crippen LogP contribution is 2.22. The number of ether oxygens (including phenoxy) is 1. The zero-order valence-corrected chi connectivity index (χ0v) is 12.3. The van der Waals surface area contributed by atoms with Gasteiger partial charge >= 0.3 is 0 Å². The molecule has 0 spiro atoms. The van der Waals surface area contributed by atoms with E-state index in [1.807, 2.05) is 5.01 Å². The monoisotopic (exact) mass is 277 g/mol. The summed E-state index contributed by atoms with van der Waals surface area (Å²) in [7, 11) is 1.56. The second kappa shape index (κ2) is 6.13. The molecule has 2 unspecified atom stereocenters. The maximum atomic E-state index is 12.4. The molecule has 20 heavy (non-hydrogen) atoms. The molecular weight excluding hydrogens is 254 g/mol. The number of methoxy groups -OCH3 is 1. The summed E-state index contributed by atoms with van der Waals surface area (Å²) in [6.45, 7) is 4.27. The lowest BCUT2D eigenvalue weighted by Gasteiger charge is -2.38. The fraction of sp³-hybridized carbons (Fsp3) is 0.533. The zero-order valence-electron chi connectivity index (χ0n) is 12.3. The normalized spacial score (nSPS) is 23.4. The van der Waals surface area contributed by atoms with Crippen molar-refractivity contribution in [3.8, 4) is 5.75 Å². The average molecular weight is 277 g/mol. The average Bonchev–Trinajstić information content (AvgIpc) is 2.42. The first-order valence-electron chi connectivity index (χ1n) is 7.05. The van der Waals surface area contributed by atoms with E-state index in [2.05, 4.69) is 19.3 Å². The van der Waals surface area contributed by atoms with Crippen LogP contribution in [0.1, 0.15) is 43.5 Å². The van der Waals surface area contributed by atoms with Crippen molar-refractivity contribution in [1.82, 2.24) is 10.4 Å². The van der Waals surface area contributed by atoms with Gasteiger partial charge in [-0.2, -0.15) is 0 Å². The van der Waals surface area contributed by atoms with Gasteiger partial charge in [0.15, 0.2) is 0 Å². The second-order valence-corrected chi connectivity index (χ2v) is 5.47. The van der Waals surface area contributed by atoms with Crippen LogP contribution in [0.15, 0.2) is 18.2 Å². The molecule has 1 aliphatic rings. The number of amides is 1. The van der Waals surface area contributed by atoms with Crippen LogP contribution in [-0.2, 0) is 0 Å². The van der Waals surface area contributed by atoms with Gasteiger partial charge in [0, 0.05) is 29.4 Å². The minimum atomic E-state index is -0.142. The summed E-state index contributed by atoms with van der Waals surface area (Å²) in [6, 6.07) is 5.77. The van der Waals surface area contributed by atoms with E-state index in [1.54, 1.807) is 25.3 Å². The second-order valence-electron chi connectivity index (χ2n) is 5.47. The summed E-state index contributed by atoms with van der Waals surface area (Å²) in [4.78, 5) is 12.4. The molecule has 0 radical (unpaired) electrons. The van der Waals surface area contributed by atoms with E-state index < -0.39 is 0 Å². The van der Waals surface area contributed by atoms with Gasteiger partial charge in [-0.3, -0.25) is 10.2 Å². The third-order valence-electron chi connectivity index (χ3n) is 3.85. The van der Waals surface area contributed by atoms with Crippen LogP contribution in [0.25, 0.3) is 0 Å². The summed E-state index contributed by atoms with van der Waals surface area (Å²) in [5.41, 5.74) is 9.83. The molecule has 1 aromatic carbocycles. The number of nitrogens with one attached hydrogen (secondary N) is 1. The Labute approximate surface area is 120 Å². The van der Waals surface area contributed by atoms with Crippen molar-refractivity contribution in [2.75, 3.05) is 12.8 Å². The number of nitrogens with two attached hydrogens (primary N) is 1. The molecule has 0 bridgehead atoms. The highest BCUT2D eigenvalue weighted by atomic mass is 16.5. The molecule has 5 nitrogen and oxygen atoms in total. The first-order chi connectivity index (χ1) is 9.51. The number of carbonyl (C=O) groups excluding carboxylic acids is 1. The van der Waals surface area contributed by atoms with E-state index in [4.69, 9.17) is 10.5 Å². The first-order valence-corrected chi connectivity index (χ1v) is 7.05. The van der Waals surface area contributed by atoms with Gasteiger partial charge < -0.3 is 10.5 Å². The van der Waals surface area contributed by atoms with Crippen LogP contribution in [0.2, 0.25) is 0 Å². The topological polar surface area (TPSA) is 67.6 Å². The van der Waals surface area contributed by atoms with Crippen molar-refractivity contribution in [3.63, 3.8) is 0 Å². The Morgan fingerprint density at radius 2 is 1.95 bits per heavy atom. The fourth-order valence-corrected chi connectivity index (χ4v) is 2.69. The Hall–Kier alpha value is -1.75. The number of benzene rings is 1. The molecule has 0 aliphatic carbocycles. The van der Waals surface area contributed by atoms with Crippen LogP contribution < -0.4 is 15.9 Å². The number of carbonyl (C=O) groups is 1. The van der Waals surface area contributed by atoms with Crippen molar-refractivity contribution < 1.29 is 9.53 Å². The molecule has 1 amide bonds. The van der Waals surface area contributed by atoms with E-state index in [0.29, 0.717) is 29.1 Å². The number of nitrogen functional groups attached to an aromatic ring is 1. The van der Waals surface area contributed by atoms with Crippen molar-refractivity contribution in [2.24, 2.45) is 0 Å². The molecule has 1 aromatic rings. The largest absolute Gasteiger partial charge is 0.497 e. The summed E-state index contributed by atoms with van der Waals surface area (Å²) in [5, 5.41) is 2.04. The maximum absolute atomic E-state index is 12.4.